The number of rotatable bonds is 3. The summed E-state index contributed by atoms with van der Waals surface area (Å²) in [5, 5.41) is 16.3. The van der Waals surface area contributed by atoms with Crippen molar-refractivity contribution in [3.05, 3.63) is 65.2 Å². The molecule has 2 N–H and O–H groups in total. The van der Waals surface area contributed by atoms with Crippen LogP contribution in [0.1, 0.15) is 22.7 Å². The highest BCUT2D eigenvalue weighted by Crippen LogP contribution is 2.41. The quantitative estimate of drug-likeness (QED) is 0.764. The van der Waals surface area contributed by atoms with Crippen LogP contribution in [-0.4, -0.2) is 25.9 Å². The molecule has 1 aliphatic heterocycles. The Hall–Kier alpha value is -2.72. The van der Waals surface area contributed by atoms with E-state index >= 15 is 0 Å². The van der Waals surface area contributed by atoms with Crippen molar-refractivity contribution in [2.75, 3.05) is 20.8 Å². The van der Waals surface area contributed by atoms with Gasteiger partial charge in [0, 0.05) is 12.1 Å². The van der Waals surface area contributed by atoms with Gasteiger partial charge in [0.05, 0.1) is 20.3 Å². The third-order valence-electron chi connectivity index (χ3n) is 4.94. The number of phenols is 1. The molecule has 0 amide bonds. The van der Waals surface area contributed by atoms with Crippen molar-refractivity contribution < 1.29 is 14.6 Å². The third-order valence-corrected chi connectivity index (χ3v) is 4.94. The fourth-order valence-corrected chi connectivity index (χ4v) is 3.73. The molecule has 3 aromatic carbocycles. The molecule has 1 atom stereocenters. The summed E-state index contributed by atoms with van der Waals surface area (Å²) in [6.45, 7) is 0.843. The van der Waals surface area contributed by atoms with E-state index in [4.69, 9.17) is 9.47 Å². The Bertz CT molecular complexity index is 936. The molecular weight excluding hydrogens is 314 g/mol. The van der Waals surface area contributed by atoms with Gasteiger partial charge in [0.15, 0.2) is 11.5 Å². The van der Waals surface area contributed by atoms with Gasteiger partial charge in [-0.1, -0.05) is 30.3 Å². The number of fused-ring (bicyclic) bond motifs is 2. The molecule has 3 aromatic rings. The van der Waals surface area contributed by atoms with Crippen molar-refractivity contribution in [3.8, 4) is 17.2 Å². The molecule has 25 heavy (non-hydrogen) atoms. The van der Waals surface area contributed by atoms with Gasteiger partial charge in [-0.15, -0.1) is 0 Å². The van der Waals surface area contributed by atoms with E-state index in [1.165, 1.54) is 5.56 Å². The van der Waals surface area contributed by atoms with Gasteiger partial charge in [-0.05, 0) is 46.5 Å². The number of nitrogens with one attached hydrogen (secondary N) is 1. The van der Waals surface area contributed by atoms with Crippen molar-refractivity contribution >= 4 is 10.8 Å². The minimum Gasteiger partial charge on any atom is -0.508 e. The molecule has 0 saturated heterocycles. The Morgan fingerprint density at radius 3 is 2.56 bits per heavy atom. The molecule has 0 saturated carbocycles. The number of hydrogen-bond acceptors (Lipinski definition) is 4. The van der Waals surface area contributed by atoms with Crippen LogP contribution >= 0.6 is 0 Å². The maximum absolute atomic E-state index is 10.6. The van der Waals surface area contributed by atoms with Crippen LogP contribution in [0.4, 0.5) is 0 Å². The molecule has 0 radical (unpaired) electrons. The smallest absolute Gasteiger partial charge is 0.161 e. The predicted molar refractivity (Wildman–Crippen MR) is 98.7 cm³/mol. The second-order valence-corrected chi connectivity index (χ2v) is 6.26. The van der Waals surface area contributed by atoms with Crippen LogP contribution in [0, 0.1) is 0 Å². The largest absolute Gasteiger partial charge is 0.508 e. The summed E-state index contributed by atoms with van der Waals surface area (Å²) in [5.41, 5.74) is 3.25. The lowest BCUT2D eigenvalue weighted by Crippen LogP contribution is -2.30. The molecular formula is C21H21NO3. The molecule has 0 bridgehead atoms. The molecule has 1 aliphatic rings. The first-order valence-corrected chi connectivity index (χ1v) is 8.41. The fourth-order valence-electron chi connectivity index (χ4n) is 3.73. The topological polar surface area (TPSA) is 50.7 Å². The van der Waals surface area contributed by atoms with Gasteiger partial charge in [0.25, 0.3) is 0 Å². The second kappa shape index (κ2) is 6.30. The average molecular weight is 335 g/mol. The first-order valence-electron chi connectivity index (χ1n) is 8.41. The van der Waals surface area contributed by atoms with Crippen LogP contribution in [0.3, 0.4) is 0 Å². The summed E-state index contributed by atoms with van der Waals surface area (Å²) in [6, 6.07) is 15.8. The Labute approximate surface area is 147 Å². The number of ether oxygens (including phenoxy) is 2. The first kappa shape index (κ1) is 15.8. The SMILES string of the molecule is COc1cc2c(cc1OC)C(c1c(O)ccc3ccccc13)NCC2. The Morgan fingerprint density at radius 2 is 1.76 bits per heavy atom. The molecule has 0 spiro atoms. The van der Waals surface area contributed by atoms with Crippen LogP contribution in [-0.2, 0) is 6.42 Å². The third kappa shape index (κ3) is 2.59. The van der Waals surface area contributed by atoms with Crippen LogP contribution in [0.15, 0.2) is 48.5 Å². The molecule has 1 heterocycles. The maximum atomic E-state index is 10.6. The summed E-state index contributed by atoms with van der Waals surface area (Å²) in [7, 11) is 3.30. The van der Waals surface area contributed by atoms with E-state index in [1.54, 1.807) is 20.3 Å². The van der Waals surface area contributed by atoms with E-state index in [2.05, 4.69) is 17.4 Å². The fraction of sp³-hybridized carbons (Fsp3) is 0.238. The van der Waals surface area contributed by atoms with Gasteiger partial charge in [0.2, 0.25) is 0 Å². The lowest BCUT2D eigenvalue weighted by atomic mass is 9.86. The monoisotopic (exact) mass is 335 g/mol. The number of hydrogen-bond donors (Lipinski definition) is 2. The van der Waals surface area contributed by atoms with Crippen LogP contribution < -0.4 is 14.8 Å². The standard InChI is InChI=1S/C21H21NO3/c1-24-18-11-14-9-10-22-21(16(14)12-19(18)25-2)20-15-6-4-3-5-13(15)7-8-17(20)23/h3-8,11-12,21-23H,9-10H2,1-2H3. The van der Waals surface area contributed by atoms with Crippen molar-refractivity contribution in [2.45, 2.75) is 12.5 Å². The summed E-state index contributed by atoms with van der Waals surface area (Å²) >= 11 is 0. The minimum absolute atomic E-state index is 0.0883. The van der Waals surface area contributed by atoms with Crippen LogP contribution in [0.2, 0.25) is 0 Å². The molecule has 4 rings (SSSR count). The van der Waals surface area contributed by atoms with Crippen molar-refractivity contribution in [1.82, 2.24) is 5.32 Å². The van der Waals surface area contributed by atoms with E-state index in [1.807, 2.05) is 30.3 Å². The molecule has 0 fully saturated rings. The lowest BCUT2D eigenvalue weighted by molar-refractivity contribution is 0.352. The molecule has 4 heteroatoms. The molecule has 1 unspecified atom stereocenters. The normalized spacial score (nSPS) is 16.5. The highest BCUT2D eigenvalue weighted by Gasteiger charge is 2.27. The van der Waals surface area contributed by atoms with Gasteiger partial charge in [-0.25, -0.2) is 0 Å². The zero-order valence-electron chi connectivity index (χ0n) is 14.4. The number of methoxy groups -OCH3 is 2. The molecule has 0 aromatic heterocycles. The highest BCUT2D eigenvalue weighted by molar-refractivity contribution is 5.88. The Morgan fingerprint density at radius 1 is 1.00 bits per heavy atom. The summed E-state index contributed by atoms with van der Waals surface area (Å²) in [6.07, 6.45) is 0.914. The number of aromatic hydroxyl groups is 1. The van der Waals surface area contributed by atoms with Crippen molar-refractivity contribution in [3.63, 3.8) is 0 Å². The van der Waals surface area contributed by atoms with E-state index in [0.717, 1.165) is 40.6 Å². The summed E-state index contributed by atoms with van der Waals surface area (Å²) < 4.78 is 10.9. The minimum atomic E-state index is -0.0883. The first-order chi connectivity index (χ1) is 12.2. The molecule has 128 valence electrons. The highest BCUT2D eigenvalue weighted by atomic mass is 16.5. The number of phenolic OH excluding ortho intramolecular Hbond substituents is 1. The van der Waals surface area contributed by atoms with E-state index < -0.39 is 0 Å². The zero-order chi connectivity index (χ0) is 17.4. The van der Waals surface area contributed by atoms with Crippen LogP contribution in [0.5, 0.6) is 17.2 Å². The number of benzene rings is 3. The van der Waals surface area contributed by atoms with Gasteiger partial charge in [-0.2, -0.15) is 0 Å². The van der Waals surface area contributed by atoms with E-state index in [-0.39, 0.29) is 6.04 Å². The van der Waals surface area contributed by atoms with Crippen molar-refractivity contribution in [1.29, 1.82) is 0 Å². The van der Waals surface area contributed by atoms with Crippen LogP contribution in [0.25, 0.3) is 10.8 Å². The second-order valence-electron chi connectivity index (χ2n) is 6.26. The molecule has 4 nitrogen and oxygen atoms in total. The predicted octanol–water partition coefficient (Wildman–Crippen LogP) is 3.80. The molecule has 0 aliphatic carbocycles. The zero-order valence-corrected chi connectivity index (χ0v) is 14.4. The van der Waals surface area contributed by atoms with Gasteiger partial charge < -0.3 is 19.9 Å². The van der Waals surface area contributed by atoms with E-state index in [9.17, 15) is 5.11 Å². The maximum Gasteiger partial charge on any atom is 0.161 e. The van der Waals surface area contributed by atoms with Crippen molar-refractivity contribution in [2.24, 2.45) is 0 Å². The van der Waals surface area contributed by atoms with Gasteiger partial charge in [-0.3, -0.25) is 0 Å². The van der Waals surface area contributed by atoms with E-state index in [0.29, 0.717) is 11.5 Å². The van der Waals surface area contributed by atoms with Gasteiger partial charge >= 0.3 is 0 Å². The lowest BCUT2D eigenvalue weighted by Gasteiger charge is -2.29. The summed E-state index contributed by atoms with van der Waals surface area (Å²) in [5.74, 6) is 1.75. The Kier molecular flexibility index (Phi) is 3.98. The summed E-state index contributed by atoms with van der Waals surface area (Å²) in [4.78, 5) is 0. The average Bonchev–Trinajstić information content (AvgIpc) is 2.66. The Balaban J connectivity index is 1.94. The van der Waals surface area contributed by atoms with Gasteiger partial charge in [0.1, 0.15) is 5.75 Å².